The monoisotopic (exact) mass is 331 g/mol. The maximum atomic E-state index is 10.7. The van der Waals surface area contributed by atoms with Crippen LogP contribution in [0.15, 0.2) is 60.7 Å². The first-order chi connectivity index (χ1) is 12.1. The third kappa shape index (κ3) is 2.80. The molecule has 0 aliphatic rings. The summed E-state index contributed by atoms with van der Waals surface area (Å²) in [5.41, 5.74) is 4.59. The van der Waals surface area contributed by atoms with Crippen molar-refractivity contribution in [2.24, 2.45) is 0 Å². The quantitative estimate of drug-likeness (QED) is 0.600. The molecule has 5 nitrogen and oxygen atoms in total. The zero-order chi connectivity index (χ0) is 17.4. The topological polar surface area (TPSA) is 71.2 Å². The van der Waals surface area contributed by atoms with Crippen LogP contribution in [-0.2, 0) is 6.42 Å². The zero-order valence-electron chi connectivity index (χ0n) is 13.7. The van der Waals surface area contributed by atoms with Gasteiger partial charge in [0, 0.05) is 12.0 Å². The third-order valence-electron chi connectivity index (χ3n) is 4.22. The molecule has 4 aromatic rings. The highest BCUT2D eigenvalue weighted by atomic mass is 16.3. The molecule has 0 unspecified atom stereocenters. The lowest BCUT2D eigenvalue weighted by Crippen LogP contribution is -2.01. The third-order valence-corrected chi connectivity index (χ3v) is 4.22. The Kier molecular flexibility index (Phi) is 3.61. The molecule has 3 aromatic carbocycles. The average Bonchev–Trinajstić information content (AvgIpc) is 3.03. The molecule has 0 amide bonds. The van der Waals surface area contributed by atoms with Crippen LogP contribution in [0.1, 0.15) is 16.7 Å². The summed E-state index contributed by atoms with van der Waals surface area (Å²) in [6.07, 6.45) is 0.425. The van der Waals surface area contributed by atoms with Crippen molar-refractivity contribution in [2.75, 3.05) is 0 Å². The molecule has 0 saturated heterocycles. The van der Waals surface area contributed by atoms with E-state index in [-0.39, 0.29) is 11.5 Å². The van der Waals surface area contributed by atoms with Crippen LogP contribution in [-0.4, -0.2) is 25.2 Å². The van der Waals surface area contributed by atoms with Crippen LogP contribution < -0.4 is 0 Å². The number of rotatable bonds is 3. The highest BCUT2D eigenvalue weighted by molar-refractivity contribution is 5.73. The van der Waals surface area contributed by atoms with E-state index >= 15 is 0 Å². The lowest BCUT2D eigenvalue weighted by molar-refractivity contribution is 0.458. The van der Waals surface area contributed by atoms with E-state index in [4.69, 9.17) is 0 Å². The molecule has 4 rings (SSSR count). The van der Waals surface area contributed by atoms with E-state index in [9.17, 15) is 10.2 Å². The number of para-hydroxylation sites is 1. The van der Waals surface area contributed by atoms with Gasteiger partial charge >= 0.3 is 0 Å². The summed E-state index contributed by atoms with van der Waals surface area (Å²) < 4.78 is 0. The molecule has 0 bridgehead atoms. The van der Waals surface area contributed by atoms with Gasteiger partial charge in [0.15, 0.2) is 0 Å². The van der Waals surface area contributed by atoms with Crippen molar-refractivity contribution in [1.82, 2.24) is 15.0 Å². The fraction of sp³-hybridized carbons (Fsp3) is 0.100. The second-order valence-electron chi connectivity index (χ2n) is 6.07. The van der Waals surface area contributed by atoms with Gasteiger partial charge in [-0.15, -0.1) is 15.0 Å². The van der Waals surface area contributed by atoms with Crippen LogP contribution in [0.5, 0.6) is 11.5 Å². The summed E-state index contributed by atoms with van der Waals surface area (Å²) >= 11 is 0. The van der Waals surface area contributed by atoms with E-state index in [0.29, 0.717) is 17.7 Å². The molecule has 25 heavy (non-hydrogen) atoms. The molecule has 0 fully saturated rings. The largest absolute Gasteiger partial charge is 0.508 e. The van der Waals surface area contributed by atoms with Gasteiger partial charge < -0.3 is 10.2 Å². The van der Waals surface area contributed by atoms with Crippen LogP contribution >= 0.6 is 0 Å². The molecule has 1 heterocycles. The molecule has 1 aromatic heterocycles. The molecular weight excluding hydrogens is 314 g/mol. The van der Waals surface area contributed by atoms with Gasteiger partial charge in [-0.25, -0.2) is 0 Å². The second kappa shape index (κ2) is 5.94. The summed E-state index contributed by atoms with van der Waals surface area (Å²) in [6, 6.07) is 18.5. The number of fused-ring (bicyclic) bond motifs is 1. The maximum Gasteiger partial charge on any atom is 0.146 e. The molecule has 0 radical (unpaired) electrons. The van der Waals surface area contributed by atoms with Gasteiger partial charge in [0.1, 0.15) is 28.2 Å². The van der Waals surface area contributed by atoms with Crippen molar-refractivity contribution in [3.8, 4) is 17.2 Å². The Morgan fingerprint density at radius 3 is 2.28 bits per heavy atom. The number of aromatic nitrogens is 3. The van der Waals surface area contributed by atoms with Crippen LogP contribution in [0.2, 0.25) is 0 Å². The van der Waals surface area contributed by atoms with Crippen molar-refractivity contribution < 1.29 is 10.2 Å². The number of benzene rings is 3. The lowest BCUT2D eigenvalue weighted by atomic mass is 10.0. The molecule has 0 saturated carbocycles. The van der Waals surface area contributed by atoms with E-state index in [1.807, 2.05) is 55.5 Å². The maximum absolute atomic E-state index is 10.7. The number of hydrogen-bond acceptors (Lipinski definition) is 4. The molecule has 2 N–H and O–H groups in total. The SMILES string of the molecule is Cc1ccc(O)c(Cc2cccc(-n3nc4ccccc4n3)c2O)c1. The summed E-state index contributed by atoms with van der Waals surface area (Å²) in [7, 11) is 0. The number of aryl methyl sites for hydroxylation is 1. The van der Waals surface area contributed by atoms with E-state index in [2.05, 4.69) is 10.2 Å². The number of phenols is 2. The fourth-order valence-electron chi connectivity index (χ4n) is 2.91. The normalized spacial score (nSPS) is 11.1. The van der Waals surface area contributed by atoms with Gasteiger partial charge in [0.2, 0.25) is 0 Å². The van der Waals surface area contributed by atoms with Gasteiger partial charge in [0.25, 0.3) is 0 Å². The average molecular weight is 331 g/mol. The summed E-state index contributed by atoms with van der Waals surface area (Å²) in [4.78, 5) is 1.44. The Hall–Kier alpha value is -3.34. The minimum absolute atomic E-state index is 0.115. The van der Waals surface area contributed by atoms with E-state index < -0.39 is 0 Å². The van der Waals surface area contributed by atoms with Crippen molar-refractivity contribution in [1.29, 1.82) is 0 Å². The molecule has 0 spiro atoms. The summed E-state index contributed by atoms with van der Waals surface area (Å²) in [5.74, 6) is 0.335. The Balaban J connectivity index is 1.76. The second-order valence-corrected chi connectivity index (χ2v) is 6.07. The van der Waals surface area contributed by atoms with Gasteiger partial charge in [-0.05, 0) is 36.8 Å². The van der Waals surface area contributed by atoms with Gasteiger partial charge in [0.05, 0.1) is 0 Å². The Morgan fingerprint density at radius 1 is 0.840 bits per heavy atom. The Labute approximate surface area is 144 Å². The molecule has 0 aliphatic carbocycles. The summed E-state index contributed by atoms with van der Waals surface area (Å²) in [5, 5.41) is 29.6. The Morgan fingerprint density at radius 2 is 1.56 bits per heavy atom. The molecule has 0 atom stereocenters. The van der Waals surface area contributed by atoms with Crippen molar-refractivity contribution in [3.63, 3.8) is 0 Å². The summed E-state index contributed by atoms with van der Waals surface area (Å²) in [6.45, 7) is 1.97. The highest BCUT2D eigenvalue weighted by Gasteiger charge is 2.13. The van der Waals surface area contributed by atoms with Gasteiger partial charge in [-0.3, -0.25) is 0 Å². The fourth-order valence-corrected chi connectivity index (χ4v) is 2.91. The van der Waals surface area contributed by atoms with Crippen molar-refractivity contribution in [3.05, 3.63) is 77.4 Å². The number of aromatic hydroxyl groups is 2. The van der Waals surface area contributed by atoms with E-state index in [1.165, 1.54) is 4.80 Å². The van der Waals surface area contributed by atoms with Crippen LogP contribution in [0, 0.1) is 6.92 Å². The van der Waals surface area contributed by atoms with Gasteiger partial charge in [-0.2, -0.15) is 0 Å². The predicted octanol–water partition coefficient (Wildman–Crippen LogP) is 3.73. The van der Waals surface area contributed by atoms with Crippen molar-refractivity contribution >= 4 is 11.0 Å². The Bertz CT molecular complexity index is 1040. The molecule has 5 heteroatoms. The van der Waals surface area contributed by atoms with Crippen molar-refractivity contribution in [2.45, 2.75) is 13.3 Å². The first kappa shape index (κ1) is 15.2. The first-order valence-corrected chi connectivity index (χ1v) is 8.03. The van der Waals surface area contributed by atoms with E-state index in [0.717, 1.165) is 22.2 Å². The standard InChI is InChI=1S/C20H17N3O2/c1-13-9-10-19(24)15(11-13)12-14-5-4-8-18(20(14)25)23-21-16-6-2-3-7-17(16)22-23/h2-11,24-25H,12H2,1H3. The predicted molar refractivity (Wildman–Crippen MR) is 96.2 cm³/mol. The van der Waals surface area contributed by atoms with Crippen LogP contribution in [0.4, 0.5) is 0 Å². The number of phenolic OH excluding ortho intramolecular Hbond substituents is 2. The minimum Gasteiger partial charge on any atom is -0.508 e. The van der Waals surface area contributed by atoms with Crippen LogP contribution in [0.3, 0.4) is 0 Å². The minimum atomic E-state index is 0.115. The molecular formula is C20H17N3O2. The lowest BCUT2D eigenvalue weighted by Gasteiger charge is -2.10. The van der Waals surface area contributed by atoms with E-state index in [1.54, 1.807) is 12.1 Å². The van der Waals surface area contributed by atoms with Gasteiger partial charge in [-0.1, -0.05) is 42.0 Å². The van der Waals surface area contributed by atoms with Crippen LogP contribution in [0.25, 0.3) is 16.7 Å². The number of hydrogen-bond donors (Lipinski definition) is 2. The highest BCUT2D eigenvalue weighted by Crippen LogP contribution is 2.30. The smallest absolute Gasteiger partial charge is 0.146 e. The first-order valence-electron chi connectivity index (χ1n) is 8.03. The zero-order valence-corrected chi connectivity index (χ0v) is 13.7. The number of nitrogens with zero attached hydrogens (tertiary/aromatic N) is 3. The molecule has 124 valence electrons. The molecule has 0 aliphatic heterocycles.